The van der Waals surface area contributed by atoms with Crippen LogP contribution < -0.4 is 18.5 Å². The standard InChI is InChI=1S/C36H39O8P/c1-23-21-35(25(3)19-29(23)11-17-33(37)27-7-13-31(41-5)14-8-27)43-45(39,40)44-36-22-24(2)30(20-26(36)4)12-18-34(38)28-9-15-32(42-6)16-10-28/h7-10,13-16,19-22H,11-12,17-18H2,1-6H3,(H,39,40). The topological polar surface area (TPSA) is 108 Å². The fourth-order valence-corrected chi connectivity index (χ4v) is 5.97. The average Bonchev–Trinajstić information content (AvgIpc) is 3.02. The molecule has 4 aromatic carbocycles. The van der Waals surface area contributed by atoms with Crippen molar-refractivity contribution >= 4 is 19.4 Å². The summed E-state index contributed by atoms with van der Waals surface area (Å²) in [7, 11) is -1.39. The van der Waals surface area contributed by atoms with Gasteiger partial charge in [0, 0.05) is 24.0 Å². The van der Waals surface area contributed by atoms with Gasteiger partial charge in [-0.05, 0) is 135 Å². The number of rotatable bonds is 14. The van der Waals surface area contributed by atoms with Gasteiger partial charge in [0.25, 0.3) is 0 Å². The first kappa shape index (κ1) is 33.5. The Labute approximate surface area is 264 Å². The first-order valence-corrected chi connectivity index (χ1v) is 16.2. The summed E-state index contributed by atoms with van der Waals surface area (Å²) in [5, 5.41) is 0. The summed E-state index contributed by atoms with van der Waals surface area (Å²) in [5.74, 6) is 1.87. The molecule has 0 spiro atoms. The van der Waals surface area contributed by atoms with Crippen molar-refractivity contribution < 1.29 is 37.6 Å². The average molecular weight is 631 g/mol. The molecule has 9 heteroatoms. The highest BCUT2D eigenvalue weighted by Gasteiger charge is 2.27. The zero-order valence-electron chi connectivity index (χ0n) is 26.5. The molecule has 0 saturated heterocycles. The third-order valence-electron chi connectivity index (χ3n) is 7.76. The molecule has 0 amide bonds. The first-order valence-electron chi connectivity index (χ1n) is 14.7. The van der Waals surface area contributed by atoms with Gasteiger partial charge in [-0.25, -0.2) is 4.57 Å². The third-order valence-corrected chi connectivity index (χ3v) is 8.62. The zero-order chi connectivity index (χ0) is 32.7. The SMILES string of the molecule is COc1ccc(C(=O)CCc2cc(C)c(OP(=O)(O)Oc3cc(C)c(CCC(=O)c4ccc(OC)cc4)cc3C)cc2C)cc1. The number of methoxy groups -OCH3 is 2. The van der Waals surface area contributed by atoms with E-state index in [1.165, 1.54) is 0 Å². The molecule has 4 rings (SSSR count). The van der Waals surface area contributed by atoms with Gasteiger partial charge >= 0.3 is 7.82 Å². The van der Waals surface area contributed by atoms with E-state index in [0.717, 1.165) is 22.3 Å². The number of ketones is 2. The van der Waals surface area contributed by atoms with Gasteiger partial charge in [-0.1, -0.05) is 12.1 Å². The molecule has 0 saturated carbocycles. The maximum Gasteiger partial charge on any atom is 0.584 e. The summed E-state index contributed by atoms with van der Waals surface area (Å²) in [6, 6.07) is 21.1. The van der Waals surface area contributed by atoms with Crippen LogP contribution in [0.2, 0.25) is 0 Å². The van der Waals surface area contributed by atoms with Crippen molar-refractivity contribution in [3.63, 3.8) is 0 Å². The number of phosphoric ester groups is 1. The zero-order valence-corrected chi connectivity index (χ0v) is 27.4. The number of phosphoric acid groups is 1. The van der Waals surface area contributed by atoms with Crippen molar-refractivity contribution in [2.45, 2.75) is 53.4 Å². The number of carbonyl (C=O) groups is 2. The van der Waals surface area contributed by atoms with E-state index in [1.54, 1.807) is 88.7 Å². The minimum absolute atomic E-state index is 0.0174. The van der Waals surface area contributed by atoms with Gasteiger partial charge in [0.05, 0.1) is 14.2 Å². The highest BCUT2D eigenvalue weighted by atomic mass is 31.2. The van der Waals surface area contributed by atoms with Crippen LogP contribution in [0.25, 0.3) is 0 Å². The Morgan fingerprint density at radius 2 is 0.956 bits per heavy atom. The second-order valence-electron chi connectivity index (χ2n) is 11.0. The van der Waals surface area contributed by atoms with E-state index in [2.05, 4.69) is 0 Å². The molecule has 0 aliphatic carbocycles. The van der Waals surface area contributed by atoms with Gasteiger partial charge in [0.15, 0.2) is 11.6 Å². The number of carbonyl (C=O) groups excluding carboxylic acids is 2. The fourth-order valence-electron chi connectivity index (χ4n) is 5.04. The number of hydrogen-bond acceptors (Lipinski definition) is 7. The monoisotopic (exact) mass is 630 g/mol. The molecule has 0 atom stereocenters. The van der Waals surface area contributed by atoms with Crippen molar-refractivity contribution in [1.82, 2.24) is 0 Å². The molecular formula is C36H39O8P. The first-order chi connectivity index (χ1) is 21.4. The van der Waals surface area contributed by atoms with Crippen LogP contribution in [0.15, 0.2) is 72.8 Å². The van der Waals surface area contributed by atoms with E-state index in [4.69, 9.17) is 18.5 Å². The van der Waals surface area contributed by atoms with Crippen molar-refractivity contribution in [2.75, 3.05) is 14.2 Å². The second-order valence-corrected chi connectivity index (χ2v) is 12.3. The third kappa shape index (κ3) is 8.84. The van der Waals surface area contributed by atoms with E-state index >= 15 is 0 Å². The highest BCUT2D eigenvalue weighted by Crippen LogP contribution is 2.47. The largest absolute Gasteiger partial charge is 0.584 e. The Morgan fingerprint density at radius 3 is 1.29 bits per heavy atom. The summed E-state index contributed by atoms with van der Waals surface area (Å²) >= 11 is 0. The highest BCUT2D eigenvalue weighted by molar-refractivity contribution is 7.48. The molecule has 45 heavy (non-hydrogen) atoms. The molecule has 0 heterocycles. The molecule has 0 aromatic heterocycles. The molecule has 0 unspecified atom stereocenters. The second kappa shape index (κ2) is 14.6. The Kier molecular flexibility index (Phi) is 10.9. The molecule has 1 N–H and O–H groups in total. The Morgan fingerprint density at radius 1 is 0.600 bits per heavy atom. The number of aryl methyl sites for hydroxylation is 6. The van der Waals surface area contributed by atoms with E-state index in [0.29, 0.717) is 59.4 Å². The summed E-state index contributed by atoms with van der Waals surface area (Å²) in [6.07, 6.45) is 1.67. The lowest BCUT2D eigenvalue weighted by Crippen LogP contribution is -2.06. The summed E-state index contributed by atoms with van der Waals surface area (Å²) in [5.41, 5.74) is 6.08. The molecule has 0 aliphatic heterocycles. The van der Waals surface area contributed by atoms with Gasteiger partial charge in [-0.2, -0.15) is 0 Å². The summed E-state index contributed by atoms with van der Waals surface area (Å²) in [4.78, 5) is 36.1. The molecular weight excluding hydrogens is 591 g/mol. The Bertz CT molecular complexity index is 1600. The Balaban J connectivity index is 1.38. The van der Waals surface area contributed by atoms with Crippen molar-refractivity contribution in [3.05, 3.63) is 117 Å². The Hall–Kier alpha value is -4.39. The lowest BCUT2D eigenvalue weighted by Gasteiger charge is -2.19. The van der Waals surface area contributed by atoms with Crippen LogP contribution in [0.4, 0.5) is 0 Å². The van der Waals surface area contributed by atoms with E-state index in [-0.39, 0.29) is 23.1 Å². The minimum Gasteiger partial charge on any atom is -0.497 e. The molecule has 0 aliphatic rings. The number of Topliss-reactive ketones (excluding diaryl/α,β-unsaturated/α-hetero) is 2. The van der Waals surface area contributed by atoms with Gasteiger partial charge in [0.1, 0.15) is 23.0 Å². The number of hydrogen-bond donors (Lipinski definition) is 1. The van der Waals surface area contributed by atoms with Crippen LogP contribution in [-0.4, -0.2) is 30.7 Å². The summed E-state index contributed by atoms with van der Waals surface area (Å²) in [6.45, 7) is 7.30. The fraction of sp³-hybridized carbons (Fsp3) is 0.278. The van der Waals surface area contributed by atoms with Crippen LogP contribution in [0.5, 0.6) is 23.0 Å². The lowest BCUT2D eigenvalue weighted by atomic mass is 9.97. The van der Waals surface area contributed by atoms with Gasteiger partial charge in [0.2, 0.25) is 0 Å². The molecule has 0 fully saturated rings. The smallest absolute Gasteiger partial charge is 0.497 e. The van der Waals surface area contributed by atoms with Crippen molar-refractivity contribution in [1.29, 1.82) is 0 Å². The van der Waals surface area contributed by atoms with Crippen LogP contribution in [0.3, 0.4) is 0 Å². The molecule has 236 valence electrons. The van der Waals surface area contributed by atoms with Crippen molar-refractivity contribution in [2.24, 2.45) is 0 Å². The van der Waals surface area contributed by atoms with Crippen LogP contribution in [0, 0.1) is 27.7 Å². The predicted octanol–water partition coefficient (Wildman–Crippen LogP) is 8.13. The quantitative estimate of drug-likeness (QED) is 0.110. The van der Waals surface area contributed by atoms with E-state index < -0.39 is 7.82 Å². The lowest BCUT2D eigenvalue weighted by molar-refractivity contribution is 0.0975. The van der Waals surface area contributed by atoms with E-state index in [1.807, 2.05) is 26.0 Å². The normalized spacial score (nSPS) is 11.2. The van der Waals surface area contributed by atoms with Crippen LogP contribution in [0.1, 0.15) is 66.9 Å². The van der Waals surface area contributed by atoms with Crippen LogP contribution >= 0.6 is 7.82 Å². The van der Waals surface area contributed by atoms with Gasteiger partial charge in [-0.15, -0.1) is 0 Å². The minimum atomic E-state index is -4.54. The van der Waals surface area contributed by atoms with Crippen molar-refractivity contribution in [3.8, 4) is 23.0 Å². The summed E-state index contributed by atoms with van der Waals surface area (Å²) < 4.78 is 34.4. The molecule has 0 bridgehead atoms. The van der Waals surface area contributed by atoms with Crippen LogP contribution in [-0.2, 0) is 17.4 Å². The van der Waals surface area contributed by atoms with Gasteiger partial charge in [-0.3, -0.25) is 14.5 Å². The van der Waals surface area contributed by atoms with Gasteiger partial charge < -0.3 is 18.5 Å². The van der Waals surface area contributed by atoms with E-state index in [9.17, 15) is 19.0 Å². The molecule has 8 nitrogen and oxygen atoms in total. The predicted molar refractivity (Wildman–Crippen MR) is 174 cm³/mol. The number of benzene rings is 4. The maximum atomic E-state index is 13.1. The maximum absolute atomic E-state index is 13.1. The molecule has 0 radical (unpaired) electrons. The molecule has 4 aromatic rings. The number of ether oxygens (including phenoxy) is 2.